The third-order valence-electron chi connectivity index (χ3n) is 5.26. The quantitative estimate of drug-likeness (QED) is 0.687. The molecule has 132 valence electrons. The first-order chi connectivity index (χ1) is 12.0. The van der Waals surface area contributed by atoms with Crippen LogP contribution < -0.4 is 4.74 Å². The molecule has 2 aromatic rings. The largest absolute Gasteiger partial charge is 0.489 e. The van der Waals surface area contributed by atoms with Crippen molar-refractivity contribution in [2.75, 3.05) is 0 Å². The van der Waals surface area contributed by atoms with Crippen molar-refractivity contribution in [3.8, 4) is 17.0 Å². The van der Waals surface area contributed by atoms with E-state index in [2.05, 4.69) is 25.8 Å². The van der Waals surface area contributed by atoms with Crippen LogP contribution >= 0.6 is 0 Å². The predicted molar refractivity (Wildman–Crippen MR) is 101 cm³/mol. The zero-order valence-electron chi connectivity index (χ0n) is 15.4. The second-order valence-corrected chi connectivity index (χ2v) is 8.08. The van der Waals surface area contributed by atoms with E-state index < -0.39 is 0 Å². The fraction of sp³-hybridized carbons (Fsp3) is 0.455. The van der Waals surface area contributed by atoms with Crippen LogP contribution in [0.15, 0.2) is 42.6 Å². The summed E-state index contributed by atoms with van der Waals surface area (Å²) in [7, 11) is 0. The lowest BCUT2D eigenvalue weighted by molar-refractivity contribution is 0.0880. The Balaban J connectivity index is 1.61. The molecule has 1 heterocycles. The first-order valence-electron chi connectivity index (χ1n) is 9.14. The Labute approximate surface area is 150 Å². The fourth-order valence-electron chi connectivity index (χ4n) is 3.63. The van der Waals surface area contributed by atoms with Crippen LogP contribution in [0.25, 0.3) is 11.3 Å². The lowest BCUT2D eigenvalue weighted by Crippen LogP contribution is -2.30. The highest BCUT2D eigenvalue weighted by Crippen LogP contribution is 2.38. The van der Waals surface area contributed by atoms with E-state index in [1.165, 1.54) is 12.8 Å². The molecule has 1 aliphatic rings. The summed E-state index contributed by atoms with van der Waals surface area (Å²) in [4.78, 5) is 15.4. The standard InChI is InChI=1S/C22H27NO2/c1-22(2,3)18-7-9-19(10-8-18)25-20-11-12-21(23-14-20)17-6-4-5-16(13-17)15-24/h4-6,11-15,18-19H,7-10H2,1-3H3. The molecule has 0 aliphatic heterocycles. The molecule has 0 spiro atoms. The van der Waals surface area contributed by atoms with Crippen molar-refractivity contribution in [3.63, 3.8) is 0 Å². The summed E-state index contributed by atoms with van der Waals surface area (Å²) in [6.45, 7) is 7.00. The van der Waals surface area contributed by atoms with Gasteiger partial charge in [0.05, 0.1) is 18.0 Å². The summed E-state index contributed by atoms with van der Waals surface area (Å²) in [5.74, 6) is 1.62. The van der Waals surface area contributed by atoms with Crippen LogP contribution in [0.5, 0.6) is 5.75 Å². The van der Waals surface area contributed by atoms with E-state index in [0.29, 0.717) is 17.1 Å². The minimum absolute atomic E-state index is 0.296. The van der Waals surface area contributed by atoms with Gasteiger partial charge in [-0.05, 0) is 55.2 Å². The Morgan fingerprint density at radius 3 is 2.44 bits per heavy atom. The molecule has 0 atom stereocenters. The zero-order chi connectivity index (χ0) is 17.9. The van der Waals surface area contributed by atoms with Crippen molar-refractivity contribution in [2.24, 2.45) is 11.3 Å². The van der Waals surface area contributed by atoms with Crippen LogP contribution in [-0.4, -0.2) is 17.4 Å². The molecule has 1 saturated carbocycles. The molecule has 0 saturated heterocycles. The maximum atomic E-state index is 10.9. The van der Waals surface area contributed by atoms with Crippen LogP contribution in [0, 0.1) is 11.3 Å². The summed E-state index contributed by atoms with van der Waals surface area (Å²) in [5, 5.41) is 0. The summed E-state index contributed by atoms with van der Waals surface area (Å²) in [6, 6.07) is 11.4. The molecule has 1 aromatic carbocycles. The van der Waals surface area contributed by atoms with E-state index >= 15 is 0 Å². The molecule has 0 unspecified atom stereocenters. The Bertz CT molecular complexity index is 708. The molecule has 0 N–H and O–H groups in total. The molecule has 0 radical (unpaired) electrons. The van der Waals surface area contributed by atoms with E-state index in [9.17, 15) is 4.79 Å². The molecule has 0 bridgehead atoms. The van der Waals surface area contributed by atoms with Crippen LogP contribution in [0.3, 0.4) is 0 Å². The normalized spacial score (nSPS) is 20.9. The third-order valence-corrected chi connectivity index (χ3v) is 5.26. The molecule has 1 aromatic heterocycles. The van der Waals surface area contributed by atoms with Crippen molar-refractivity contribution in [1.82, 2.24) is 4.98 Å². The van der Waals surface area contributed by atoms with Gasteiger partial charge >= 0.3 is 0 Å². The molecular formula is C22H27NO2. The average molecular weight is 337 g/mol. The predicted octanol–water partition coefficient (Wildman–Crippen LogP) is 5.54. The van der Waals surface area contributed by atoms with E-state index in [4.69, 9.17) is 4.74 Å². The van der Waals surface area contributed by atoms with Crippen LogP contribution in [0.2, 0.25) is 0 Å². The summed E-state index contributed by atoms with van der Waals surface area (Å²) in [5.41, 5.74) is 2.86. The van der Waals surface area contributed by atoms with Gasteiger partial charge < -0.3 is 4.74 Å². The number of nitrogens with zero attached hydrogens (tertiary/aromatic N) is 1. The third kappa shape index (κ3) is 4.47. The Morgan fingerprint density at radius 2 is 1.84 bits per heavy atom. The van der Waals surface area contributed by atoms with Gasteiger partial charge in [-0.2, -0.15) is 0 Å². The number of aldehydes is 1. The van der Waals surface area contributed by atoms with Gasteiger partial charge in [-0.25, -0.2) is 0 Å². The lowest BCUT2D eigenvalue weighted by Gasteiger charge is -2.36. The highest BCUT2D eigenvalue weighted by atomic mass is 16.5. The van der Waals surface area contributed by atoms with Crippen LogP contribution in [0.4, 0.5) is 0 Å². The summed E-state index contributed by atoms with van der Waals surface area (Å²) in [6.07, 6.45) is 7.64. The highest BCUT2D eigenvalue weighted by Gasteiger charge is 2.30. The zero-order valence-corrected chi connectivity index (χ0v) is 15.4. The van der Waals surface area contributed by atoms with E-state index in [1.54, 1.807) is 12.3 Å². The lowest BCUT2D eigenvalue weighted by atomic mass is 9.72. The van der Waals surface area contributed by atoms with Crippen molar-refractivity contribution < 1.29 is 9.53 Å². The number of hydrogen-bond acceptors (Lipinski definition) is 3. The number of benzene rings is 1. The van der Waals surface area contributed by atoms with Crippen molar-refractivity contribution in [2.45, 2.75) is 52.6 Å². The van der Waals surface area contributed by atoms with Gasteiger partial charge in [0.2, 0.25) is 0 Å². The maximum absolute atomic E-state index is 10.9. The smallest absolute Gasteiger partial charge is 0.150 e. The van der Waals surface area contributed by atoms with Gasteiger partial charge in [-0.15, -0.1) is 0 Å². The SMILES string of the molecule is CC(C)(C)C1CCC(Oc2ccc(-c3cccc(C=O)c3)nc2)CC1. The molecule has 3 nitrogen and oxygen atoms in total. The van der Waals surface area contributed by atoms with Gasteiger partial charge in [-0.3, -0.25) is 9.78 Å². The van der Waals surface area contributed by atoms with Gasteiger partial charge in [0.15, 0.2) is 0 Å². The van der Waals surface area contributed by atoms with E-state index in [1.807, 2.05) is 30.3 Å². The second kappa shape index (κ2) is 7.38. The number of pyridine rings is 1. The Hall–Kier alpha value is -2.16. The van der Waals surface area contributed by atoms with Crippen LogP contribution in [0.1, 0.15) is 56.8 Å². The Morgan fingerprint density at radius 1 is 1.08 bits per heavy atom. The van der Waals surface area contributed by atoms with Gasteiger partial charge in [0.1, 0.15) is 12.0 Å². The van der Waals surface area contributed by atoms with Gasteiger partial charge in [0.25, 0.3) is 0 Å². The average Bonchev–Trinajstić information content (AvgIpc) is 2.62. The monoisotopic (exact) mass is 337 g/mol. The molecule has 3 heteroatoms. The van der Waals surface area contributed by atoms with Crippen molar-refractivity contribution in [3.05, 3.63) is 48.2 Å². The molecule has 1 aliphatic carbocycles. The van der Waals surface area contributed by atoms with Gasteiger partial charge in [0, 0.05) is 11.1 Å². The Kier molecular flexibility index (Phi) is 5.22. The molecule has 25 heavy (non-hydrogen) atoms. The second-order valence-electron chi connectivity index (χ2n) is 8.08. The maximum Gasteiger partial charge on any atom is 0.150 e. The number of aromatic nitrogens is 1. The molecule has 3 rings (SSSR count). The summed E-state index contributed by atoms with van der Waals surface area (Å²) >= 11 is 0. The summed E-state index contributed by atoms with van der Waals surface area (Å²) < 4.78 is 6.13. The number of carbonyl (C=O) groups excluding carboxylic acids is 1. The topological polar surface area (TPSA) is 39.2 Å². The fourth-order valence-corrected chi connectivity index (χ4v) is 3.63. The number of ether oxygens (including phenoxy) is 1. The van der Waals surface area contributed by atoms with E-state index in [-0.39, 0.29) is 0 Å². The molecule has 0 amide bonds. The van der Waals surface area contributed by atoms with Gasteiger partial charge in [-0.1, -0.05) is 39.0 Å². The minimum atomic E-state index is 0.296. The number of carbonyl (C=O) groups is 1. The number of hydrogen-bond donors (Lipinski definition) is 0. The molecular weight excluding hydrogens is 310 g/mol. The van der Waals surface area contributed by atoms with E-state index in [0.717, 1.165) is 42.1 Å². The highest BCUT2D eigenvalue weighted by molar-refractivity contribution is 5.78. The first-order valence-corrected chi connectivity index (χ1v) is 9.14. The minimum Gasteiger partial charge on any atom is -0.489 e. The number of rotatable bonds is 4. The molecule has 1 fully saturated rings. The van der Waals surface area contributed by atoms with Crippen LogP contribution in [-0.2, 0) is 0 Å². The first kappa shape index (κ1) is 17.7. The van der Waals surface area contributed by atoms with Crippen molar-refractivity contribution in [1.29, 1.82) is 0 Å². The van der Waals surface area contributed by atoms with Crippen molar-refractivity contribution >= 4 is 6.29 Å².